The molecule has 0 unspecified atom stereocenters. The van der Waals surface area contributed by atoms with E-state index in [1.807, 2.05) is 26.2 Å². The largest absolute Gasteiger partial charge is 0.348 e. The van der Waals surface area contributed by atoms with Crippen molar-refractivity contribution >= 4 is 46.4 Å². The monoisotopic (exact) mass is 485 g/mol. The summed E-state index contributed by atoms with van der Waals surface area (Å²) < 4.78 is 0.701. The molecule has 11 heteroatoms. The quantitative estimate of drug-likeness (QED) is 0.305. The second kappa shape index (κ2) is 10.9. The van der Waals surface area contributed by atoms with E-state index < -0.39 is 10.8 Å². The van der Waals surface area contributed by atoms with Crippen molar-refractivity contribution in [3.05, 3.63) is 74.8 Å². The number of urea groups is 1. The van der Waals surface area contributed by atoms with Crippen molar-refractivity contribution in [1.82, 2.24) is 15.6 Å². The molecule has 0 radical (unpaired) electrons. The number of nitrogens with one attached hydrogen (secondary N) is 3. The summed E-state index contributed by atoms with van der Waals surface area (Å²) in [6.07, 6.45) is 0. The SMILES string of the molecule is Cc1csc(Sc2ccc(C(=O)NCc3ccc(NC(=O)NC(C)C)cc3)cc2[N+](=O)[O-])n1. The van der Waals surface area contributed by atoms with Crippen molar-refractivity contribution in [3.63, 3.8) is 0 Å². The first-order valence-corrected chi connectivity index (χ1v) is 11.7. The zero-order valence-corrected chi connectivity index (χ0v) is 19.9. The lowest BCUT2D eigenvalue weighted by molar-refractivity contribution is -0.387. The number of carbonyl (C=O) groups is 2. The van der Waals surface area contributed by atoms with E-state index >= 15 is 0 Å². The number of aromatic nitrogens is 1. The van der Waals surface area contributed by atoms with E-state index in [1.165, 1.54) is 29.2 Å². The van der Waals surface area contributed by atoms with Gasteiger partial charge in [0, 0.05) is 41.0 Å². The summed E-state index contributed by atoms with van der Waals surface area (Å²) in [5.41, 5.74) is 2.35. The molecule has 1 aromatic heterocycles. The van der Waals surface area contributed by atoms with Crippen LogP contribution >= 0.6 is 23.1 Å². The molecular weight excluding hydrogens is 462 g/mol. The molecule has 0 spiro atoms. The van der Waals surface area contributed by atoms with E-state index in [0.717, 1.165) is 11.3 Å². The maximum absolute atomic E-state index is 12.6. The van der Waals surface area contributed by atoms with Gasteiger partial charge in [-0.15, -0.1) is 11.3 Å². The van der Waals surface area contributed by atoms with Crippen LogP contribution in [0.3, 0.4) is 0 Å². The Bertz CT molecular complexity index is 1160. The van der Waals surface area contributed by atoms with Crippen molar-refractivity contribution < 1.29 is 14.5 Å². The third-order valence-corrected chi connectivity index (χ3v) is 6.42. The van der Waals surface area contributed by atoms with Gasteiger partial charge in [-0.1, -0.05) is 23.9 Å². The maximum Gasteiger partial charge on any atom is 0.319 e. The van der Waals surface area contributed by atoms with Gasteiger partial charge in [-0.3, -0.25) is 14.9 Å². The fraction of sp³-hybridized carbons (Fsp3) is 0.227. The number of aryl methyl sites for hydroxylation is 1. The average Bonchev–Trinajstić information content (AvgIpc) is 3.17. The van der Waals surface area contributed by atoms with Crippen LogP contribution in [0.15, 0.2) is 57.1 Å². The number of amides is 3. The molecule has 2 aromatic carbocycles. The highest BCUT2D eigenvalue weighted by molar-refractivity contribution is 8.01. The Morgan fingerprint density at radius 2 is 1.91 bits per heavy atom. The van der Waals surface area contributed by atoms with Gasteiger partial charge in [-0.2, -0.15) is 0 Å². The highest BCUT2D eigenvalue weighted by Crippen LogP contribution is 2.36. The molecule has 0 saturated carbocycles. The van der Waals surface area contributed by atoms with Gasteiger partial charge < -0.3 is 16.0 Å². The van der Waals surface area contributed by atoms with Crippen LogP contribution in [0.1, 0.15) is 35.5 Å². The number of hydrogen-bond donors (Lipinski definition) is 3. The van der Waals surface area contributed by atoms with Gasteiger partial charge in [-0.25, -0.2) is 9.78 Å². The summed E-state index contributed by atoms with van der Waals surface area (Å²) in [4.78, 5) is 40.1. The second-order valence-electron chi connectivity index (χ2n) is 7.43. The molecule has 0 aliphatic heterocycles. The van der Waals surface area contributed by atoms with Gasteiger partial charge in [0.2, 0.25) is 0 Å². The second-order valence-corrected chi connectivity index (χ2v) is 9.58. The predicted molar refractivity (Wildman–Crippen MR) is 129 cm³/mol. The number of anilines is 1. The zero-order chi connectivity index (χ0) is 24.0. The first kappa shape index (κ1) is 24.2. The van der Waals surface area contributed by atoms with Crippen LogP contribution in [0.25, 0.3) is 0 Å². The molecule has 0 aliphatic carbocycles. The molecule has 9 nitrogen and oxygen atoms in total. The van der Waals surface area contributed by atoms with Crippen LogP contribution in [0.4, 0.5) is 16.2 Å². The van der Waals surface area contributed by atoms with Crippen LogP contribution in [0.2, 0.25) is 0 Å². The molecule has 3 N–H and O–H groups in total. The van der Waals surface area contributed by atoms with E-state index in [-0.39, 0.29) is 29.9 Å². The van der Waals surface area contributed by atoms with Crippen LogP contribution in [-0.4, -0.2) is 27.9 Å². The van der Waals surface area contributed by atoms with Crippen molar-refractivity contribution in [2.75, 3.05) is 5.32 Å². The molecular formula is C22H23N5O4S2. The van der Waals surface area contributed by atoms with Crippen molar-refractivity contribution in [2.45, 2.75) is 42.6 Å². The van der Waals surface area contributed by atoms with Gasteiger partial charge in [0.05, 0.1) is 9.82 Å². The predicted octanol–water partition coefficient (Wildman–Crippen LogP) is 4.97. The van der Waals surface area contributed by atoms with E-state index in [1.54, 1.807) is 36.4 Å². The van der Waals surface area contributed by atoms with Crippen LogP contribution < -0.4 is 16.0 Å². The minimum atomic E-state index is -0.499. The highest BCUT2D eigenvalue weighted by Gasteiger charge is 2.19. The summed E-state index contributed by atoms with van der Waals surface area (Å²) in [7, 11) is 0. The van der Waals surface area contributed by atoms with Gasteiger partial charge in [0.25, 0.3) is 11.6 Å². The number of nitro groups is 1. The summed E-state index contributed by atoms with van der Waals surface area (Å²) >= 11 is 2.61. The number of thiazole rings is 1. The first-order valence-electron chi connectivity index (χ1n) is 10.0. The van der Waals surface area contributed by atoms with Gasteiger partial charge in [0.1, 0.15) is 0 Å². The third-order valence-electron chi connectivity index (χ3n) is 4.30. The Labute approximate surface area is 199 Å². The lowest BCUT2D eigenvalue weighted by Gasteiger charge is -2.11. The Kier molecular flexibility index (Phi) is 8.01. The van der Waals surface area contributed by atoms with Gasteiger partial charge in [0.15, 0.2) is 4.34 Å². The number of hydrogen-bond acceptors (Lipinski definition) is 7. The molecule has 0 fully saturated rings. The van der Waals surface area contributed by atoms with Crippen molar-refractivity contribution in [3.8, 4) is 0 Å². The summed E-state index contributed by atoms with van der Waals surface area (Å²) in [5, 5.41) is 21.6. The van der Waals surface area contributed by atoms with Crippen LogP contribution in [0.5, 0.6) is 0 Å². The normalized spacial score (nSPS) is 10.7. The standard InChI is InChI=1S/C22H23N5O4S2/c1-13(2)24-21(29)26-17-7-4-15(5-8-17)11-23-20(28)16-6-9-19(18(10-16)27(30)31)33-22-25-14(3)12-32-22/h4-10,12-13H,11H2,1-3H3,(H,23,28)(H2,24,26,29). The minimum Gasteiger partial charge on any atom is -0.348 e. The Hall–Kier alpha value is -3.44. The number of carbonyl (C=O) groups excluding carboxylic acids is 2. The van der Waals surface area contributed by atoms with Crippen molar-refractivity contribution in [2.24, 2.45) is 0 Å². The lowest BCUT2D eigenvalue weighted by Crippen LogP contribution is -2.34. The minimum absolute atomic E-state index is 0.0273. The van der Waals surface area contributed by atoms with Crippen molar-refractivity contribution in [1.29, 1.82) is 0 Å². The molecule has 1 heterocycles. The van der Waals surface area contributed by atoms with Crippen LogP contribution in [-0.2, 0) is 6.54 Å². The van der Waals surface area contributed by atoms with E-state index in [2.05, 4.69) is 20.9 Å². The molecule has 3 amide bonds. The molecule has 3 aromatic rings. The lowest BCUT2D eigenvalue weighted by atomic mass is 10.1. The fourth-order valence-electron chi connectivity index (χ4n) is 2.78. The topological polar surface area (TPSA) is 126 Å². The van der Waals surface area contributed by atoms with E-state index in [4.69, 9.17) is 0 Å². The number of nitrogens with zero attached hydrogens (tertiary/aromatic N) is 2. The Balaban J connectivity index is 1.62. The zero-order valence-electron chi connectivity index (χ0n) is 18.2. The summed E-state index contributed by atoms with van der Waals surface area (Å²) in [6.45, 7) is 5.83. The smallest absolute Gasteiger partial charge is 0.319 e. The number of nitro benzene ring substituents is 1. The third kappa shape index (κ3) is 7.02. The van der Waals surface area contributed by atoms with E-state index in [0.29, 0.717) is 14.9 Å². The number of benzene rings is 2. The summed E-state index contributed by atoms with van der Waals surface area (Å²) in [5.74, 6) is -0.418. The van der Waals surface area contributed by atoms with Gasteiger partial charge >= 0.3 is 6.03 Å². The van der Waals surface area contributed by atoms with E-state index in [9.17, 15) is 19.7 Å². The fourth-order valence-corrected chi connectivity index (χ4v) is 4.66. The van der Waals surface area contributed by atoms with Gasteiger partial charge in [-0.05, 0) is 50.6 Å². The Morgan fingerprint density at radius 1 is 1.18 bits per heavy atom. The molecule has 0 saturated heterocycles. The molecule has 0 aliphatic rings. The maximum atomic E-state index is 12.6. The first-order chi connectivity index (χ1) is 15.7. The highest BCUT2D eigenvalue weighted by atomic mass is 32.2. The average molecular weight is 486 g/mol. The Morgan fingerprint density at radius 3 is 2.52 bits per heavy atom. The molecule has 0 atom stereocenters. The number of rotatable bonds is 8. The molecule has 33 heavy (non-hydrogen) atoms. The molecule has 172 valence electrons. The van der Waals surface area contributed by atoms with Crippen LogP contribution in [0, 0.1) is 17.0 Å². The summed E-state index contributed by atoms with van der Waals surface area (Å²) in [6, 6.07) is 11.2. The molecule has 0 bridgehead atoms. The molecule has 3 rings (SSSR count).